The number of hydrogen-bond acceptors (Lipinski definition) is 2. The van der Waals surface area contributed by atoms with Gasteiger partial charge in [0.2, 0.25) is 0 Å². The lowest BCUT2D eigenvalue weighted by Crippen LogP contribution is -1.98. The van der Waals surface area contributed by atoms with Gasteiger partial charge in [0.1, 0.15) is 0 Å². The fourth-order valence-electron chi connectivity index (χ4n) is 2.75. The third-order valence-electron chi connectivity index (χ3n) is 3.83. The summed E-state index contributed by atoms with van der Waals surface area (Å²) in [5.74, 6) is 0. The van der Waals surface area contributed by atoms with Crippen molar-refractivity contribution in [1.82, 2.24) is 9.97 Å². The van der Waals surface area contributed by atoms with Crippen molar-refractivity contribution >= 4 is 33.4 Å². The van der Waals surface area contributed by atoms with Gasteiger partial charge >= 0.3 is 0 Å². The molecular weight excluding hydrogens is 292 g/mol. The number of fused-ring (bicyclic) bond motifs is 2. The van der Waals surface area contributed by atoms with Gasteiger partial charge in [-0.3, -0.25) is 0 Å². The zero-order valence-electron chi connectivity index (χ0n) is 11.8. The molecule has 0 aliphatic carbocycles. The minimum Gasteiger partial charge on any atom is -0.248 e. The van der Waals surface area contributed by atoms with Crippen LogP contribution in [-0.2, 0) is 6.42 Å². The first-order chi connectivity index (χ1) is 10.8. The van der Waals surface area contributed by atoms with E-state index in [1.165, 1.54) is 16.3 Å². The molecule has 4 rings (SSSR count). The lowest BCUT2D eigenvalue weighted by molar-refractivity contribution is 1.08. The number of para-hydroxylation sites is 2. The van der Waals surface area contributed by atoms with Gasteiger partial charge in [-0.05, 0) is 28.5 Å². The molecule has 3 heteroatoms. The Morgan fingerprint density at radius 3 is 2.27 bits per heavy atom. The van der Waals surface area contributed by atoms with Gasteiger partial charge in [0.15, 0.2) is 5.15 Å². The Morgan fingerprint density at radius 1 is 0.727 bits per heavy atom. The van der Waals surface area contributed by atoms with E-state index < -0.39 is 0 Å². The maximum absolute atomic E-state index is 6.33. The van der Waals surface area contributed by atoms with Crippen LogP contribution in [0.2, 0.25) is 5.15 Å². The number of aromatic nitrogens is 2. The molecule has 0 aliphatic rings. The summed E-state index contributed by atoms with van der Waals surface area (Å²) in [5.41, 5.74) is 3.73. The summed E-state index contributed by atoms with van der Waals surface area (Å²) in [4.78, 5) is 9.14. The normalized spacial score (nSPS) is 11.1. The average Bonchev–Trinajstić information content (AvgIpc) is 2.56. The van der Waals surface area contributed by atoms with E-state index >= 15 is 0 Å². The lowest BCUT2D eigenvalue weighted by Gasteiger charge is -2.08. The van der Waals surface area contributed by atoms with E-state index in [0.29, 0.717) is 11.6 Å². The van der Waals surface area contributed by atoms with Crippen molar-refractivity contribution in [3.05, 3.63) is 83.1 Å². The van der Waals surface area contributed by atoms with Crippen LogP contribution in [0.3, 0.4) is 0 Å². The number of nitrogens with zero attached hydrogens (tertiary/aromatic N) is 2. The summed E-state index contributed by atoms with van der Waals surface area (Å²) < 4.78 is 0. The van der Waals surface area contributed by atoms with Crippen LogP contribution in [0.5, 0.6) is 0 Å². The first kappa shape index (κ1) is 13.2. The van der Waals surface area contributed by atoms with Crippen LogP contribution in [0.15, 0.2) is 66.7 Å². The molecule has 0 spiro atoms. The second kappa shape index (κ2) is 5.39. The van der Waals surface area contributed by atoms with Crippen molar-refractivity contribution < 1.29 is 0 Å². The van der Waals surface area contributed by atoms with E-state index in [4.69, 9.17) is 11.6 Å². The third kappa shape index (κ3) is 2.32. The molecule has 0 saturated heterocycles. The van der Waals surface area contributed by atoms with Crippen LogP contribution in [0.1, 0.15) is 11.3 Å². The van der Waals surface area contributed by atoms with Crippen molar-refractivity contribution in [2.75, 3.05) is 0 Å². The largest absolute Gasteiger partial charge is 0.248 e. The van der Waals surface area contributed by atoms with Crippen molar-refractivity contribution in [1.29, 1.82) is 0 Å². The molecule has 0 radical (unpaired) electrons. The molecule has 1 aromatic heterocycles. The fourth-order valence-corrected chi connectivity index (χ4v) is 2.95. The first-order valence-electron chi connectivity index (χ1n) is 7.19. The van der Waals surface area contributed by atoms with E-state index in [1.807, 2.05) is 24.3 Å². The smallest absolute Gasteiger partial charge is 0.151 e. The van der Waals surface area contributed by atoms with Crippen LogP contribution in [0, 0.1) is 0 Å². The van der Waals surface area contributed by atoms with Crippen LogP contribution < -0.4 is 0 Å². The molecule has 0 aliphatic heterocycles. The molecular formula is C19H13ClN2. The molecule has 2 nitrogen and oxygen atoms in total. The third-order valence-corrected chi connectivity index (χ3v) is 4.13. The predicted octanol–water partition coefficient (Wildman–Crippen LogP) is 5.03. The van der Waals surface area contributed by atoms with E-state index in [9.17, 15) is 0 Å². The van der Waals surface area contributed by atoms with Gasteiger partial charge in [-0.15, -0.1) is 0 Å². The van der Waals surface area contributed by atoms with Gasteiger partial charge in [-0.2, -0.15) is 0 Å². The van der Waals surface area contributed by atoms with Gasteiger partial charge < -0.3 is 0 Å². The second-order valence-electron chi connectivity index (χ2n) is 5.26. The maximum Gasteiger partial charge on any atom is 0.151 e. The molecule has 3 aromatic carbocycles. The highest BCUT2D eigenvalue weighted by Crippen LogP contribution is 2.24. The standard InChI is InChI=1S/C19H13ClN2/c20-19-18(21-16-10-3-4-11-17(16)22-19)12-14-8-5-7-13-6-1-2-9-15(13)14/h1-11H,12H2. The van der Waals surface area contributed by atoms with Crippen molar-refractivity contribution in [2.24, 2.45) is 0 Å². The van der Waals surface area contributed by atoms with E-state index in [-0.39, 0.29) is 0 Å². The zero-order chi connectivity index (χ0) is 14.9. The summed E-state index contributed by atoms with van der Waals surface area (Å²) in [6, 6.07) is 22.5. The van der Waals surface area contributed by atoms with Crippen LogP contribution in [0.4, 0.5) is 0 Å². The van der Waals surface area contributed by atoms with Gasteiger partial charge in [0.05, 0.1) is 16.7 Å². The Balaban J connectivity index is 1.84. The summed E-state index contributed by atoms with van der Waals surface area (Å²) in [5, 5.41) is 2.94. The molecule has 0 atom stereocenters. The molecule has 0 unspecified atom stereocenters. The highest BCUT2D eigenvalue weighted by atomic mass is 35.5. The highest BCUT2D eigenvalue weighted by Gasteiger charge is 2.09. The Morgan fingerprint density at radius 2 is 1.41 bits per heavy atom. The van der Waals surface area contributed by atoms with E-state index in [1.54, 1.807) is 0 Å². The molecule has 0 fully saturated rings. The van der Waals surface area contributed by atoms with Crippen LogP contribution >= 0.6 is 11.6 Å². The SMILES string of the molecule is Clc1nc2ccccc2nc1Cc1cccc2ccccc12. The summed E-state index contributed by atoms with van der Waals surface area (Å²) in [6.07, 6.45) is 0.679. The van der Waals surface area contributed by atoms with Gasteiger partial charge in [-0.1, -0.05) is 66.2 Å². The Kier molecular flexibility index (Phi) is 3.24. The number of rotatable bonds is 2. The predicted molar refractivity (Wildman–Crippen MR) is 91.3 cm³/mol. The first-order valence-corrected chi connectivity index (χ1v) is 7.57. The fraction of sp³-hybridized carbons (Fsp3) is 0.0526. The molecule has 1 heterocycles. The van der Waals surface area contributed by atoms with Crippen molar-refractivity contribution in [3.63, 3.8) is 0 Å². The molecule has 0 N–H and O–H groups in total. The molecule has 22 heavy (non-hydrogen) atoms. The van der Waals surface area contributed by atoms with Crippen LogP contribution in [0.25, 0.3) is 21.8 Å². The van der Waals surface area contributed by atoms with Gasteiger partial charge in [0, 0.05) is 6.42 Å². The van der Waals surface area contributed by atoms with Gasteiger partial charge in [0.25, 0.3) is 0 Å². The lowest BCUT2D eigenvalue weighted by atomic mass is 10.0. The monoisotopic (exact) mass is 304 g/mol. The zero-order valence-corrected chi connectivity index (χ0v) is 12.6. The molecule has 0 amide bonds. The minimum atomic E-state index is 0.478. The topological polar surface area (TPSA) is 25.8 Å². The summed E-state index contributed by atoms with van der Waals surface area (Å²) >= 11 is 6.33. The highest BCUT2D eigenvalue weighted by molar-refractivity contribution is 6.30. The Bertz CT molecular complexity index is 974. The Labute approximate surface area is 133 Å². The number of hydrogen-bond donors (Lipinski definition) is 0. The van der Waals surface area contributed by atoms with E-state index in [0.717, 1.165) is 16.7 Å². The average molecular weight is 305 g/mol. The van der Waals surface area contributed by atoms with E-state index in [2.05, 4.69) is 52.4 Å². The number of halogens is 1. The molecule has 0 saturated carbocycles. The molecule has 0 bridgehead atoms. The number of benzene rings is 3. The maximum atomic E-state index is 6.33. The Hall–Kier alpha value is -2.45. The van der Waals surface area contributed by atoms with Gasteiger partial charge in [-0.25, -0.2) is 9.97 Å². The molecule has 106 valence electrons. The van der Waals surface area contributed by atoms with Crippen molar-refractivity contribution in [2.45, 2.75) is 6.42 Å². The second-order valence-corrected chi connectivity index (χ2v) is 5.62. The minimum absolute atomic E-state index is 0.478. The summed E-state index contributed by atoms with van der Waals surface area (Å²) in [6.45, 7) is 0. The molecule has 4 aromatic rings. The van der Waals surface area contributed by atoms with Crippen molar-refractivity contribution in [3.8, 4) is 0 Å². The summed E-state index contributed by atoms with van der Waals surface area (Å²) in [7, 11) is 0. The quantitative estimate of drug-likeness (QED) is 0.519. The van der Waals surface area contributed by atoms with Crippen LogP contribution in [-0.4, -0.2) is 9.97 Å².